The largest absolute Gasteiger partial charge is 0.392 e. The number of nitrogens with zero attached hydrogens (tertiary/aromatic N) is 1. The van der Waals surface area contributed by atoms with Gasteiger partial charge in [-0.15, -0.1) is 0 Å². The molecule has 1 aromatic rings. The quantitative estimate of drug-likeness (QED) is 0.613. The lowest BCUT2D eigenvalue weighted by Gasteiger charge is -2.09. The molecule has 1 rings (SSSR count). The molecule has 3 N–H and O–H groups in total. The van der Waals surface area contributed by atoms with Crippen LogP contribution in [-0.4, -0.2) is 41.7 Å². The Kier molecular flexibility index (Phi) is 5.59. The predicted molar refractivity (Wildman–Crippen MR) is 65.9 cm³/mol. The average molecular weight is 237 g/mol. The topological polar surface area (TPSA) is 74.2 Å². The van der Waals surface area contributed by atoms with Gasteiger partial charge in [-0.25, -0.2) is 0 Å². The van der Waals surface area contributed by atoms with Gasteiger partial charge in [0, 0.05) is 31.5 Å². The summed E-state index contributed by atoms with van der Waals surface area (Å²) in [5.74, 6) is -0.116. The van der Waals surface area contributed by atoms with Crippen LogP contribution in [0.3, 0.4) is 0 Å². The molecular formula is C12H19N3O2. The molecule has 0 spiro atoms. The first kappa shape index (κ1) is 13.6. The van der Waals surface area contributed by atoms with Crippen molar-refractivity contribution in [1.29, 1.82) is 0 Å². The third kappa shape index (κ3) is 4.93. The lowest BCUT2D eigenvalue weighted by Crippen LogP contribution is -2.34. The highest BCUT2D eigenvalue weighted by Gasteiger charge is 2.07. The lowest BCUT2D eigenvalue weighted by atomic mass is 10.2. The summed E-state index contributed by atoms with van der Waals surface area (Å²) in [6.07, 6.45) is 1.29. The first-order valence-electron chi connectivity index (χ1n) is 5.70. The van der Waals surface area contributed by atoms with Gasteiger partial charge in [0.1, 0.15) is 0 Å². The molecule has 5 nitrogen and oxygen atoms in total. The number of aliphatic hydroxyl groups is 1. The van der Waals surface area contributed by atoms with E-state index in [4.69, 9.17) is 5.11 Å². The molecule has 94 valence electrons. The highest BCUT2D eigenvalue weighted by atomic mass is 16.3. The summed E-state index contributed by atoms with van der Waals surface area (Å²) in [6, 6.07) is 3.49. The molecule has 5 heteroatoms. The summed E-state index contributed by atoms with van der Waals surface area (Å²) in [4.78, 5) is 15.8. The van der Waals surface area contributed by atoms with Gasteiger partial charge in [0.05, 0.1) is 11.7 Å². The maximum atomic E-state index is 11.7. The number of carbonyl (C=O) groups is 1. The Balaban J connectivity index is 2.29. The van der Waals surface area contributed by atoms with E-state index in [9.17, 15) is 4.79 Å². The zero-order valence-corrected chi connectivity index (χ0v) is 10.2. The van der Waals surface area contributed by atoms with Crippen molar-refractivity contribution in [2.75, 3.05) is 19.6 Å². The second kappa shape index (κ2) is 6.98. The second-order valence-electron chi connectivity index (χ2n) is 3.95. The van der Waals surface area contributed by atoms with E-state index in [1.54, 1.807) is 32.2 Å². The van der Waals surface area contributed by atoms with Gasteiger partial charge in [-0.05, 0) is 26.0 Å². The maximum Gasteiger partial charge on any atom is 0.253 e. The number of nitrogens with one attached hydrogen (secondary N) is 2. The lowest BCUT2D eigenvalue weighted by molar-refractivity contribution is 0.0952. The minimum atomic E-state index is -0.369. The Morgan fingerprint density at radius 3 is 2.94 bits per heavy atom. The fraction of sp³-hybridized carbons (Fsp3) is 0.500. The minimum absolute atomic E-state index is 0.116. The summed E-state index contributed by atoms with van der Waals surface area (Å²) in [5, 5.41) is 14.8. The van der Waals surface area contributed by atoms with E-state index in [1.807, 2.05) is 0 Å². The van der Waals surface area contributed by atoms with E-state index < -0.39 is 0 Å². The van der Waals surface area contributed by atoms with Crippen molar-refractivity contribution in [2.45, 2.75) is 20.0 Å². The number of aromatic nitrogens is 1. The molecule has 1 unspecified atom stereocenters. The molecular weight excluding hydrogens is 218 g/mol. The molecule has 1 atom stereocenters. The smallest absolute Gasteiger partial charge is 0.253 e. The van der Waals surface area contributed by atoms with Crippen molar-refractivity contribution in [3.63, 3.8) is 0 Å². The minimum Gasteiger partial charge on any atom is -0.392 e. The number of aryl methyl sites for hydroxylation is 1. The summed E-state index contributed by atoms with van der Waals surface area (Å²) in [6.45, 7) is 5.21. The predicted octanol–water partition coefficient (Wildman–Crippen LogP) is 0.0902. The van der Waals surface area contributed by atoms with Gasteiger partial charge < -0.3 is 15.7 Å². The van der Waals surface area contributed by atoms with E-state index in [1.165, 1.54) is 0 Å². The van der Waals surface area contributed by atoms with Crippen LogP contribution in [0, 0.1) is 6.92 Å². The van der Waals surface area contributed by atoms with Gasteiger partial charge in [-0.2, -0.15) is 0 Å². The first-order valence-corrected chi connectivity index (χ1v) is 5.70. The van der Waals surface area contributed by atoms with Crippen LogP contribution in [-0.2, 0) is 0 Å². The Morgan fingerprint density at radius 2 is 2.29 bits per heavy atom. The highest BCUT2D eigenvalue weighted by Crippen LogP contribution is 2.02. The third-order valence-corrected chi connectivity index (χ3v) is 2.28. The fourth-order valence-corrected chi connectivity index (χ4v) is 1.39. The SMILES string of the molecule is Cc1ncccc1C(=O)NCCNCC(C)O. The summed E-state index contributed by atoms with van der Waals surface area (Å²) in [5.41, 5.74) is 1.32. The Hall–Kier alpha value is -1.46. The van der Waals surface area contributed by atoms with Gasteiger partial charge in [0.15, 0.2) is 0 Å². The van der Waals surface area contributed by atoms with Crippen LogP contribution in [0.25, 0.3) is 0 Å². The molecule has 0 aliphatic carbocycles. The van der Waals surface area contributed by atoms with Crippen molar-refractivity contribution < 1.29 is 9.90 Å². The number of hydrogen-bond donors (Lipinski definition) is 3. The van der Waals surface area contributed by atoms with Crippen LogP contribution >= 0.6 is 0 Å². The third-order valence-electron chi connectivity index (χ3n) is 2.28. The fourth-order valence-electron chi connectivity index (χ4n) is 1.39. The first-order chi connectivity index (χ1) is 8.11. The van der Waals surface area contributed by atoms with Gasteiger partial charge in [0.2, 0.25) is 0 Å². The molecule has 1 aromatic heterocycles. The summed E-state index contributed by atoms with van der Waals surface area (Å²) >= 11 is 0. The summed E-state index contributed by atoms with van der Waals surface area (Å²) < 4.78 is 0. The second-order valence-corrected chi connectivity index (χ2v) is 3.95. The monoisotopic (exact) mass is 237 g/mol. The van der Waals surface area contributed by atoms with Crippen molar-refractivity contribution in [1.82, 2.24) is 15.6 Å². The molecule has 0 aliphatic heterocycles. The molecule has 0 bridgehead atoms. The number of carbonyl (C=O) groups excluding carboxylic acids is 1. The Morgan fingerprint density at radius 1 is 1.53 bits per heavy atom. The maximum absolute atomic E-state index is 11.7. The molecule has 0 saturated heterocycles. The molecule has 0 fully saturated rings. The van der Waals surface area contributed by atoms with E-state index >= 15 is 0 Å². The zero-order chi connectivity index (χ0) is 12.7. The Labute approximate surface area is 101 Å². The van der Waals surface area contributed by atoms with Crippen LogP contribution in [0.15, 0.2) is 18.3 Å². The van der Waals surface area contributed by atoms with E-state index in [0.717, 1.165) is 5.69 Å². The van der Waals surface area contributed by atoms with Crippen LogP contribution in [0.2, 0.25) is 0 Å². The Bertz CT molecular complexity index is 367. The molecule has 0 radical (unpaired) electrons. The van der Waals surface area contributed by atoms with Crippen molar-refractivity contribution in [3.8, 4) is 0 Å². The number of hydrogen-bond acceptors (Lipinski definition) is 4. The number of rotatable bonds is 6. The van der Waals surface area contributed by atoms with Crippen LogP contribution in [0.5, 0.6) is 0 Å². The van der Waals surface area contributed by atoms with Crippen LogP contribution < -0.4 is 10.6 Å². The summed E-state index contributed by atoms with van der Waals surface area (Å²) in [7, 11) is 0. The molecule has 0 aromatic carbocycles. The van der Waals surface area contributed by atoms with Gasteiger partial charge in [-0.3, -0.25) is 9.78 Å². The standard InChI is InChI=1S/C12H19N3O2/c1-9(16)8-13-6-7-15-12(17)11-4-3-5-14-10(11)2/h3-5,9,13,16H,6-8H2,1-2H3,(H,15,17). The van der Waals surface area contributed by atoms with Crippen molar-refractivity contribution in [3.05, 3.63) is 29.6 Å². The molecule has 0 saturated carbocycles. The average Bonchev–Trinajstić information content (AvgIpc) is 2.28. The number of amides is 1. The number of pyridine rings is 1. The highest BCUT2D eigenvalue weighted by molar-refractivity contribution is 5.95. The van der Waals surface area contributed by atoms with Crippen LogP contribution in [0.1, 0.15) is 23.0 Å². The molecule has 1 heterocycles. The van der Waals surface area contributed by atoms with Crippen molar-refractivity contribution in [2.24, 2.45) is 0 Å². The molecule has 0 aliphatic rings. The van der Waals surface area contributed by atoms with E-state index in [2.05, 4.69) is 15.6 Å². The van der Waals surface area contributed by atoms with Gasteiger partial charge in [-0.1, -0.05) is 0 Å². The van der Waals surface area contributed by atoms with Gasteiger partial charge in [0.25, 0.3) is 5.91 Å². The molecule has 17 heavy (non-hydrogen) atoms. The van der Waals surface area contributed by atoms with E-state index in [0.29, 0.717) is 25.2 Å². The van der Waals surface area contributed by atoms with Gasteiger partial charge >= 0.3 is 0 Å². The van der Waals surface area contributed by atoms with Crippen molar-refractivity contribution >= 4 is 5.91 Å². The van der Waals surface area contributed by atoms with E-state index in [-0.39, 0.29) is 12.0 Å². The zero-order valence-electron chi connectivity index (χ0n) is 10.2. The molecule has 1 amide bonds. The van der Waals surface area contributed by atoms with Crippen LogP contribution in [0.4, 0.5) is 0 Å². The number of aliphatic hydroxyl groups excluding tert-OH is 1. The normalized spacial score (nSPS) is 12.2.